The third-order valence-corrected chi connectivity index (χ3v) is 4.53. The average Bonchev–Trinajstić information content (AvgIpc) is 2.72. The molecular weight excluding hydrogens is 402 g/mol. The van der Waals surface area contributed by atoms with E-state index in [1.165, 1.54) is 0 Å². The van der Waals surface area contributed by atoms with Crippen LogP contribution >= 0.6 is 12.2 Å². The highest BCUT2D eigenvalue weighted by Crippen LogP contribution is 2.22. The normalized spacial score (nSPS) is 11.2. The highest BCUT2D eigenvalue weighted by Gasteiger charge is 2.11. The maximum Gasteiger partial charge on any atom is 0.276 e. The van der Waals surface area contributed by atoms with Crippen LogP contribution in [0.1, 0.15) is 41.8 Å². The standard InChI is InChI=1S/C22H27N3O4S/c1-5-16(4)29-18-11-9-17(10-12-18)21(27)23-22(30)25-24-19(26)13-28-20-14(2)7-6-8-15(20)3/h6-12,16H,5,13H2,1-4H3,(H,24,26)(H2,23,25,27,30). The molecule has 0 bridgehead atoms. The van der Waals surface area contributed by atoms with Crippen LogP contribution in [0.2, 0.25) is 0 Å². The second-order valence-electron chi connectivity index (χ2n) is 6.83. The summed E-state index contributed by atoms with van der Waals surface area (Å²) in [6, 6.07) is 12.5. The van der Waals surface area contributed by atoms with E-state index in [1.54, 1.807) is 24.3 Å². The lowest BCUT2D eigenvalue weighted by atomic mass is 10.1. The van der Waals surface area contributed by atoms with E-state index in [0.29, 0.717) is 17.1 Å². The van der Waals surface area contributed by atoms with Crippen LogP contribution in [0.4, 0.5) is 0 Å². The molecule has 2 aromatic rings. The molecule has 0 aliphatic carbocycles. The number of ether oxygens (including phenoxy) is 2. The Morgan fingerprint density at radius 3 is 2.27 bits per heavy atom. The van der Waals surface area contributed by atoms with Gasteiger partial charge in [0, 0.05) is 5.56 Å². The van der Waals surface area contributed by atoms with Crippen LogP contribution in [-0.4, -0.2) is 29.6 Å². The van der Waals surface area contributed by atoms with Crippen molar-refractivity contribution < 1.29 is 19.1 Å². The van der Waals surface area contributed by atoms with E-state index in [9.17, 15) is 9.59 Å². The summed E-state index contributed by atoms with van der Waals surface area (Å²) in [4.78, 5) is 24.2. The van der Waals surface area contributed by atoms with Gasteiger partial charge in [-0.1, -0.05) is 25.1 Å². The topological polar surface area (TPSA) is 88.7 Å². The van der Waals surface area contributed by atoms with E-state index in [2.05, 4.69) is 16.2 Å². The Bertz CT molecular complexity index is 880. The van der Waals surface area contributed by atoms with Crippen LogP contribution in [-0.2, 0) is 4.79 Å². The second kappa shape index (κ2) is 11.2. The van der Waals surface area contributed by atoms with Crippen molar-refractivity contribution >= 4 is 29.1 Å². The van der Waals surface area contributed by atoms with Crippen molar-refractivity contribution in [3.8, 4) is 11.5 Å². The largest absolute Gasteiger partial charge is 0.491 e. The van der Waals surface area contributed by atoms with Crippen LogP contribution in [0.5, 0.6) is 11.5 Å². The lowest BCUT2D eigenvalue weighted by Gasteiger charge is -2.14. The van der Waals surface area contributed by atoms with Crippen molar-refractivity contribution in [2.75, 3.05) is 6.61 Å². The predicted molar refractivity (Wildman–Crippen MR) is 120 cm³/mol. The number of para-hydroxylation sites is 1. The number of hydrogen-bond donors (Lipinski definition) is 3. The van der Waals surface area contributed by atoms with Gasteiger partial charge in [-0.25, -0.2) is 0 Å². The average molecular weight is 430 g/mol. The predicted octanol–water partition coefficient (Wildman–Crippen LogP) is 3.20. The first-order chi connectivity index (χ1) is 14.3. The number of nitrogens with one attached hydrogen (secondary N) is 3. The Morgan fingerprint density at radius 2 is 1.67 bits per heavy atom. The summed E-state index contributed by atoms with van der Waals surface area (Å²) in [5.41, 5.74) is 7.19. The molecule has 2 aromatic carbocycles. The monoisotopic (exact) mass is 429 g/mol. The number of hydrogen-bond acceptors (Lipinski definition) is 5. The van der Waals surface area contributed by atoms with Crippen molar-refractivity contribution in [3.05, 3.63) is 59.2 Å². The molecule has 1 unspecified atom stereocenters. The summed E-state index contributed by atoms with van der Waals surface area (Å²) in [5, 5.41) is 2.47. The van der Waals surface area contributed by atoms with Crippen molar-refractivity contribution in [3.63, 3.8) is 0 Å². The summed E-state index contributed by atoms with van der Waals surface area (Å²) >= 11 is 5.04. The van der Waals surface area contributed by atoms with Crippen molar-refractivity contribution in [2.45, 2.75) is 40.2 Å². The number of thiocarbonyl (C=S) groups is 1. The maximum atomic E-state index is 12.3. The van der Waals surface area contributed by atoms with E-state index >= 15 is 0 Å². The van der Waals surface area contributed by atoms with Crippen molar-refractivity contribution in [1.29, 1.82) is 0 Å². The highest BCUT2D eigenvalue weighted by atomic mass is 32.1. The molecule has 2 rings (SSSR count). The van der Waals surface area contributed by atoms with E-state index in [1.807, 2.05) is 45.9 Å². The van der Waals surface area contributed by atoms with E-state index in [4.69, 9.17) is 21.7 Å². The zero-order chi connectivity index (χ0) is 22.1. The molecule has 3 N–H and O–H groups in total. The summed E-state index contributed by atoms with van der Waals surface area (Å²) < 4.78 is 11.2. The Morgan fingerprint density at radius 1 is 1.03 bits per heavy atom. The number of benzene rings is 2. The molecule has 0 aliphatic heterocycles. The Balaban J connectivity index is 1.77. The number of carbonyl (C=O) groups excluding carboxylic acids is 2. The second-order valence-corrected chi connectivity index (χ2v) is 7.24. The van der Waals surface area contributed by atoms with Gasteiger partial charge in [-0.2, -0.15) is 0 Å². The molecule has 2 amide bonds. The summed E-state index contributed by atoms with van der Waals surface area (Å²) in [5.74, 6) is 0.534. The third-order valence-electron chi connectivity index (χ3n) is 4.33. The molecule has 30 heavy (non-hydrogen) atoms. The fourth-order valence-electron chi connectivity index (χ4n) is 2.53. The van der Waals surface area contributed by atoms with Gasteiger partial charge in [0.1, 0.15) is 11.5 Å². The van der Waals surface area contributed by atoms with Crippen LogP contribution in [0.15, 0.2) is 42.5 Å². The fourth-order valence-corrected chi connectivity index (χ4v) is 2.68. The molecule has 8 heteroatoms. The highest BCUT2D eigenvalue weighted by molar-refractivity contribution is 7.80. The minimum absolute atomic E-state index is 0.0275. The molecule has 160 valence electrons. The van der Waals surface area contributed by atoms with E-state index < -0.39 is 11.8 Å². The zero-order valence-electron chi connectivity index (χ0n) is 17.6. The van der Waals surface area contributed by atoms with E-state index in [0.717, 1.165) is 17.5 Å². The molecule has 0 aromatic heterocycles. The fraction of sp³-hybridized carbons (Fsp3) is 0.318. The van der Waals surface area contributed by atoms with Gasteiger partial charge in [0.25, 0.3) is 11.8 Å². The zero-order valence-corrected chi connectivity index (χ0v) is 18.4. The van der Waals surface area contributed by atoms with Gasteiger partial charge in [0.05, 0.1) is 6.10 Å². The first-order valence-corrected chi connectivity index (χ1v) is 10.1. The van der Waals surface area contributed by atoms with Gasteiger partial charge in [0.2, 0.25) is 0 Å². The summed E-state index contributed by atoms with van der Waals surface area (Å²) in [6.07, 6.45) is 0.993. The molecular formula is C22H27N3O4S. The third kappa shape index (κ3) is 7.04. The molecule has 0 spiro atoms. The SMILES string of the molecule is CCC(C)Oc1ccc(C(=O)NC(=S)NNC(=O)COc2c(C)cccc2C)cc1. The lowest BCUT2D eigenvalue weighted by Crippen LogP contribution is -2.49. The molecule has 0 fully saturated rings. The summed E-state index contributed by atoms with van der Waals surface area (Å²) in [6.45, 7) is 7.65. The minimum Gasteiger partial charge on any atom is -0.491 e. The van der Waals surface area contributed by atoms with Crippen LogP contribution in [0.3, 0.4) is 0 Å². The summed E-state index contributed by atoms with van der Waals surface area (Å²) in [7, 11) is 0. The molecule has 1 atom stereocenters. The molecule has 0 radical (unpaired) electrons. The number of amides is 2. The number of aryl methyl sites for hydroxylation is 2. The maximum absolute atomic E-state index is 12.3. The van der Waals surface area contributed by atoms with Crippen LogP contribution < -0.4 is 25.6 Å². The Kier molecular flexibility index (Phi) is 8.61. The molecule has 0 saturated heterocycles. The van der Waals surface area contributed by atoms with Crippen molar-refractivity contribution in [2.24, 2.45) is 0 Å². The quantitative estimate of drug-likeness (QED) is 0.463. The van der Waals surface area contributed by atoms with Gasteiger partial charge in [0.15, 0.2) is 11.7 Å². The lowest BCUT2D eigenvalue weighted by molar-refractivity contribution is -0.123. The Labute approximate surface area is 182 Å². The Hall–Kier alpha value is -3.13. The smallest absolute Gasteiger partial charge is 0.276 e. The van der Waals surface area contributed by atoms with Crippen LogP contribution in [0, 0.1) is 13.8 Å². The molecule has 7 nitrogen and oxygen atoms in total. The van der Waals surface area contributed by atoms with Gasteiger partial charge < -0.3 is 9.47 Å². The number of carbonyl (C=O) groups is 2. The van der Waals surface area contributed by atoms with Gasteiger partial charge >= 0.3 is 0 Å². The van der Waals surface area contributed by atoms with Gasteiger partial charge in [-0.3, -0.25) is 25.8 Å². The first-order valence-electron chi connectivity index (χ1n) is 9.66. The van der Waals surface area contributed by atoms with Crippen molar-refractivity contribution in [1.82, 2.24) is 16.2 Å². The minimum atomic E-state index is -0.430. The molecule has 0 heterocycles. The number of hydrazine groups is 1. The van der Waals surface area contributed by atoms with Crippen LogP contribution in [0.25, 0.3) is 0 Å². The molecule has 0 saturated carbocycles. The first kappa shape index (κ1) is 23.2. The molecule has 0 aliphatic rings. The van der Waals surface area contributed by atoms with Gasteiger partial charge in [-0.15, -0.1) is 0 Å². The number of rotatable bonds is 7. The van der Waals surface area contributed by atoms with Gasteiger partial charge in [-0.05, 0) is 74.8 Å². The van der Waals surface area contributed by atoms with E-state index in [-0.39, 0.29) is 17.8 Å².